The highest BCUT2D eigenvalue weighted by Gasteiger charge is 2.15. The van der Waals surface area contributed by atoms with Crippen molar-refractivity contribution in [3.05, 3.63) is 6.20 Å². The molecule has 0 spiro atoms. The van der Waals surface area contributed by atoms with Gasteiger partial charge in [-0.05, 0) is 18.8 Å². The molecular formula is C8H14N4O. The van der Waals surface area contributed by atoms with Crippen molar-refractivity contribution < 1.29 is 4.74 Å². The third-order valence-electron chi connectivity index (χ3n) is 2.35. The first-order chi connectivity index (χ1) is 6.34. The molecule has 1 saturated heterocycles. The summed E-state index contributed by atoms with van der Waals surface area (Å²) in [6.07, 6.45) is 4.03. The number of nitrogens with zero attached hydrogens (tertiary/aromatic N) is 3. The molecule has 0 bridgehead atoms. The van der Waals surface area contributed by atoms with Crippen molar-refractivity contribution in [1.82, 2.24) is 15.0 Å². The molecule has 0 saturated carbocycles. The maximum Gasteiger partial charge on any atom is 0.165 e. The highest BCUT2D eigenvalue weighted by molar-refractivity contribution is 5.19. The number of aromatic nitrogens is 3. The molecule has 1 unspecified atom stereocenters. The third kappa shape index (κ3) is 2.18. The smallest absolute Gasteiger partial charge is 0.165 e. The Morgan fingerprint density at radius 1 is 1.69 bits per heavy atom. The summed E-state index contributed by atoms with van der Waals surface area (Å²) >= 11 is 0. The van der Waals surface area contributed by atoms with Crippen LogP contribution in [0, 0.1) is 5.92 Å². The summed E-state index contributed by atoms with van der Waals surface area (Å²) in [4.78, 5) is 0. The Balaban J connectivity index is 1.78. The van der Waals surface area contributed by atoms with Crippen LogP contribution in [0.5, 0.6) is 0 Å². The van der Waals surface area contributed by atoms with Gasteiger partial charge in [-0.15, -0.1) is 5.10 Å². The molecule has 1 aliphatic heterocycles. The molecule has 0 aromatic carbocycles. The topological polar surface area (TPSA) is 66.0 Å². The monoisotopic (exact) mass is 182 g/mol. The van der Waals surface area contributed by atoms with Gasteiger partial charge in [-0.2, -0.15) is 0 Å². The molecule has 1 fully saturated rings. The van der Waals surface area contributed by atoms with Gasteiger partial charge in [0.15, 0.2) is 5.82 Å². The second kappa shape index (κ2) is 3.74. The van der Waals surface area contributed by atoms with Crippen LogP contribution < -0.4 is 5.73 Å². The number of nitrogens with two attached hydrogens (primary N) is 1. The minimum absolute atomic E-state index is 0.489. The first-order valence-electron chi connectivity index (χ1n) is 4.58. The fraction of sp³-hybridized carbons (Fsp3) is 0.750. The summed E-state index contributed by atoms with van der Waals surface area (Å²) in [5, 5.41) is 7.60. The van der Waals surface area contributed by atoms with Crippen LogP contribution in [0.1, 0.15) is 12.8 Å². The van der Waals surface area contributed by atoms with Crippen molar-refractivity contribution in [2.75, 3.05) is 18.9 Å². The first-order valence-corrected chi connectivity index (χ1v) is 4.58. The molecule has 0 radical (unpaired) electrons. The molecule has 5 nitrogen and oxygen atoms in total. The molecule has 13 heavy (non-hydrogen) atoms. The second-order valence-corrected chi connectivity index (χ2v) is 3.42. The second-order valence-electron chi connectivity index (χ2n) is 3.42. The van der Waals surface area contributed by atoms with E-state index in [1.165, 1.54) is 6.42 Å². The Morgan fingerprint density at radius 2 is 2.62 bits per heavy atom. The Kier molecular flexibility index (Phi) is 2.44. The van der Waals surface area contributed by atoms with Crippen LogP contribution >= 0.6 is 0 Å². The van der Waals surface area contributed by atoms with E-state index in [0.29, 0.717) is 11.7 Å². The lowest BCUT2D eigenvalue weighted by Gasteiger charge is -2.05. The van der Waals surface area contributed by atoms with Gasteiger partial charge in [0.2, 0.25) is 0 Å². The van der Waals surface area contributed by atoms with E-state index in [1.807, 2.05) is 0 Å². The molecule has 0 amide bonds. The number of aryl methyl sites for hydroxylation is 1. The van der Waals surface area contributed by atoms with E-state index in [0.717, 1.165) is 26.2 Å². The van der Waals surface area contributed by atoms with E-state index < -0.39 is 0 Å². The minimum atomic E-state index is 0.489. The number of nitrogen functional groups attached to an aromatic ring is 1. The Labute approximate surface area is 76.9 Å². The third-order valence-corrected chi connectivity index (χ3v) is 2.35. The molecule has 0 aliphatic carbocycles. The van der Waals surface area contributed by atoms with Crippen LogP contribution in [0.4, 0.5) is 5.82 Å². The summed E-state index contributed by atoms with van der Waals surface area (Å²) in [5.74, 6) is 1.17. The van der Waals surface area contributed by atoms with E-state index >= 15 is 0 Å². The quantitative estimate of drug-likeness (QED) is 0.729. The molecule has 2 N–H and O–H groups in total. The van der Waals surface area contributed by atoms with Gasteiger partial charge in [-0.1, -0.05) is 5.21 Å². The number of anilines is 1. The predicted molar refractivity (Wildman–Crippen MR) is 48.0 cm³/mol. The fourth-order valence-electron chi connectivity index (χ4n) is 1.55. The van der Waals surface area contributed by atoms with Crippen LogP contribution in [-0.2, 0) is 11.3 Å². The fourth-order valence-corrected chi connectivity index (χ4v) is 1.55. The molecule has 5 heteroatoms. The van der Waals surface area contributed by atoms with Crippen LogP contribution in [0.3, 0.4) is 0 Å². The van der Waals surface area contributed by atoms with Crippen molar-refractivity contribution in [2.24, 2.45) is 5.92 Å². The van der Waals surface area contributed by atoms with Crippen LogP contribution in [0.25, 0.3) is 0 Å². The summed E-state index contributed by atoms with van der Waals surface area (Å²) in [6, 6.07) is 0. The lowest BCUT2D eigenvalue weighted by Crippen LogP contribution is -2.06. The minimum Gasteiger partial charge on any atom is -0.381 e. The van der Waals surface area contributed by atoms with Crippen molar-refractivity contribution in [1.29, 1.82) is 0 Å². The molecule has 1 aromatic rings. The zero-order chi connectivity index (χ0) is 9.10. The van der Waals surface area contributed by atoms with Gasteiger partial charge in [-0.25, -0.2) is 0 Å². The molecule has 1 aromatic heterocycles. The van der Waals surface area contributed by atoms with Crippen molar-refractivity contribution in [3.63, 3.8) is 0 Å². The van der Waals surface area contributed by atoms with Gasteiger partial charge in [0.1, 0.15) is 0 Å². The standard InChI is InChI=1S/C8H14N4O/c9-8-5-12(11-10-8)3-1-7-2-4-13-6-7/h5,7H,1-4,6,9H2. The van der Waals surface area contributed by atoms with Crippen LogP contribution in [-0.4, -0.2) is 28.2 Å². The molecule has 1 aliphatic rings. The Morgan fingerprint density at radius 3 is 3.23 bits per heavy atom. The summed E-state index contributed by atoms with van der Waals surface area (Å²) in [5.41, 5.74) is 5.44. The molecular weight excluding hydrogens is 168 g/mol. The molecule has 72 valence electrons. The van der Waals surface area contributed by atoms with Crippen LogP contribution in [0.15, 0.2) is 6.20 Å². The normalized spacial score (nSPS) is 22.3. The van der Waals surface area contributed by atoms with E-state index in [1.54, 1.807) is 10.9 Å². The van der Waals surface area contributed by atoms with Gasteiger partial charge >= 0.3 is 0 Å². The first kappa shape index (κ1) is 8.50. The maximum atomic E-state index is 5.44. The van der Waals surface area contributed by atoms with E-state index in [-0.39, 0.29) is 0 Å². The number of ether oxygens (including phenoxy) is 1. The molecule has 1 atom stereocenters. The van der Waals surface area contributed by atoms with E-state index in [4.69, 9.17) is 10.5 Å². The SMILES string of the molecule is Nc1cn(CCC2CCOC2)nn1. The highest BCUT2D eigenvalue weighted by Crippen LogP contribution is 2.16. The summed E-state index contributed by atoms with van der Waals surface area (Å²) in [7, 11) is 0. The Bertz CT molecular complexity index is 267. The number of hydrogen-bond donors (Lipinski definition) is 1. The zero-order valence-electron chi connectivity index (χ0n) is 7.52. The molecule has 2 heterocycles. The number of rotatable bonds is 3. The molecule has 2 rings (SSSR count). The maximum absolute atomic E-state index is 5.44. The lowest BCUT2D eigenvalue weighted by atomic mass is 10.1. The van der Waals surface area contributed by atoms with Gasteiger partial charge in [0.25, 0.3) is 0 Å². The largest absolute Gasteiger partial charge is 0.381 e. The van der Waals surface area contributed by atoms with Crippen molar-refractivity contribution in [3.8, 4) is 0 Å². The van der Waals surface area contributed by atoms with Crippen molar-refractivity contribution in [2.45, 2.75) is 19.4 Å². The average Bonchev–Trinajstić information content (AvgIpc) is 2.71. The average molecular weight is 182 g/mol. The predicted octanol–water partition coefficient (Wildman–Crippen LogP) is 0.287. The Hall–Kier alpha value is -1.10. The number of hydrogen-bond acceptors (Lipinski definition) is 4. The van der Waals surface area contributed by atoms with Gasteiger partial charge in [0.05, 0.1) is 6.20 Å². The lowest BCUT2D eigenvalue weighted by molar-refractivity contribution is 0.183. The van der Waals surface area contributed by atoms with E-state index in [9.17, 15) is 0 Å². The van der Waals surface area contributed by atoms with E-state index in [2.05, 4.69) is 10.3 Å². The van der Waals surface area contributed by atoms with Gasteiger partial charge in [0, 0.05) is 19.8 Å². The van der Waals surface area contributed by atoms with Crippen LogP contribution in [0.2, 0.25) is 0 Å². The summed E-state index contributed by atoms with van der Waals surface area (Å²) < 4.78 is 7.07. The highest BCUT2D eigenvalue weighted by atomic mass is 16.5. The zero-order valence-corrected chi connectivity index (χ0v) is 7.52. The van der Waals surface area contributed by atoms with Crippen molar-refractivity contribution >= 4 is 5.82 Å². The summed E-state index contributed by atoms with van der Waals surface area (Å²) in [6.45, 7) is 2.69. The van der Waals surface area contributed by atoms with Gasteiger partial charge < -0.3 is 10.5 Å². The van der Waals surface area contributed by atoms with Gasteiger partial charge in [-0.3, -0.25) is 4.68 Å².